The highest BCUT2D eigenvalue weighted by Crippen LogP contribution is 2.44. The van der Waals surface area contributed by atoms with Crippen molar-refractivity contribution < 1.29 is 9.53 Å². The molecule has 0 unspecified atom stereocenters. The van der Waals surface area contributed by atoms with Crippen molar-refractivity contribution in [3.8, 4) is 11.4 Å². The smallest absolute Gasteiger partial charge is 0.274 e. The van der Waals surface area contributed by atoms with Crippen molar-refractivity contribution in [1.82, 2.24) is 19.2 Å². The molecule has 2 aliphatic rings. The number of amides is 1. The number of rotatable bonds is 3. The fourth-order valence-corrected chi connectivity index (χ4v) is 4.55. The van der Waals surface area contributed by atoms with Crippen LogP contribution in [0.1, 0.15) is 35.9 Å². The van der Waals surface area contributed by atoms with Crippen molar-refractivity contribution in [2.45, 2.75) is 25.3 Å². The lowest BCUT2D eigenvalue weighted by Gasteiger charge is -2.46. The topological polar surface area (TPSA) is 64.3 Å². The van der Waals surface area contributed by atoms with Crippen LogP contribution in [0.5, 0.6) is 5.75 Å². The largest absolute Gasteiger partial charge is 0.494 e. The minimum Gasteiger partial charge on any atom is -0.494 e. The van der Waals surface area contributed by atoms with Crippen LogP contribution in [-0.4, -0.2) is 44.9 Å². The molecular formula is C22H25N5O2. The molecule has 0 aliphatic carbocycles. The first kappa shape index (κ1) is 17.8. The second-order valence-corrected chi connectivity index (χ2v) is 7.75. The number of piperidine rings is 1. The monoisotopic (exact) mass is 391 g/mol. The Morgan fingerprint density at radius 1 is 1.21 bits per heavy atom. The molecule has 3 aromatic rings. The summed E-state index contributed by atoms with van der Waals surface area (Å²) in [5, 5.41) is 8.06. The molecular weight excluding hydrogens is 366 g/mol. The summed E-state index contributed by atoms with van der Waals surface area (Å²) in [6.07, 6.45) is 5.60. The quantitative estimate of drug-likeness (QED) is 0.745. The number of ether oxygens (including phenoxy) is 1. The maximum Gasteiger partial charge on any atom is 0.274 e. The van der Waals surface area contributed by atoms with E-state index in [9.17, 15) is 4.79 Å². The Labute approximate surface area is 169 Å². The predicted octanol–water partition coefficient (Wildman–Crippen LogP) is 3.17. The van der Waals surface area contributed by atoms with E-state index < -0.39 is 0 Å². The number of carbonyl (C=O) groups is 1. The lowest BCUT2D eigenvalue weighted by atomic mass is 9.82. The summed E-state index contributed by atoms with van der Waals surface area (Å²) < 4.78 is 9.64. The van der Waals surface area contributed by atoms with Gasteiger partial charge in [0.05, 0.1) is 23.5 Å². The van der Waals surface area contributed by atoms with Gasteiger partial charge >= 0.3 is 0 Å². The van der Waals surface area contributed by atoms with Crippen LogP contribution >= 0.6 is 0 Å². The van der Waals surface area contributed by atoms with Gasteiger partial charge in [-0.3, -0.25) is 9.48 Å². The number of likely N-dealkylation sites (tertiary alicyclic amines) is 1. The summed E-state index contributed by atoms with van der Waals surface area (Å²) in [6.45, 7) is 4.01. The summed E-state index contributed by atoms with van der Waals surface area (Å²) >= 11 is 0. The van der Waals surface area contributed by atoms with E-state index >= 15 is 0 Å². The first-order valence-corrected chi connectivity index (χ1v) is 10.1. The van der Waals surface area contributed by atoms with Gasteiger partial charge in [0.25, 0.3) is 5.91 Å². The third-order valence-corrected chi connectivity index (χ3v) is 5.99. The second-order valence-electron chi connectivity index (χ2n) is 7.75. The van der Waals surface area contributed by atoms with Crippen molar-refractivity contribution >= 4 is 11.6 Å². The normalized spacial score (nSPS) is 16.8. The average molecular weight is 391 g/mol. The summed E-state index contributed by atoms with van der Waals surface area (Å²) in [5.41, 5.74) is 3.77. The van der Waals surface area contributed by atoms with Gasteiger partial charge in [0.15, 0.2) is 0 Å². The Hall–Kier alpha value is -3.22. The van der Waals surface area contributed by atoms with E-state index in [0.717, 1.165) is 30.0 Å². The molecule has 0 atom stereocenters. The van der Waals surface area contributed by atoms with E-state index in [4.69, 9.17) is 4.74 Å². The van der Waals surface area contributed by atoms with Crippen LogP contribution < -0.4 is 10.1 Å². The van der Waals surface area contributed by atoms with Gasteiger partial charge in [-0.05, 0) is 50.1 Å². The molecule has 7 heteroatoms. The maximum absolute atomic E-state index is 12.8. The highest BCUT2D eigenvalue weighted by Gasteiger charge is 2.42. The summed E-state index contributed by atoms with van der Waals surface area (Å²) in [4.78, 5) is 14.7. The van der Waals surface area contributed by atoms with Crippen LogP contribution in [0.3, 0.4) is 0 Å². The fraction of sp³-hybridized carbons (Fsp3) is 0.364. The lowest BCUT2D eigenvalue weighted by Crippen LogP contribution is -2.51. The number of hydrogen-bond acceptors (Lipinski definition) is 4. The molecule has 0 bridgehead atoms. The maximum atomic E-state index is 12.8. The molecule has 150 valence electrons. The Bertz CT molecular complexity index is 1060. The highest BCUT2D eigenvalue weighted by molar-refractivity contribution is 5.92. The van der Waals surface area contributed by atoms with Crippen molar-refractivity contribution in [1.29, 1.82) is 0 Å². The van der Waals surface area contributed by atoms with Crippen LogP contribution in [0.2, 0.25) is 0 Å². The molecule has 1 spiro atoms. The van der Waals surface area contributed by atoms with Gasteiger partial charge in [-0.1, -0.05) is 0 Å². The third-order valence-electron chi connectivity index (χ3n) is 5.99. The number of nitrogens with one attached hydrogen (secondary N) is 1. The van der Waals surface area contributed by atoms with Gasteiger partial charge in [0.2, 0.25) is 0 Å². The number of benzene rings is 1. The fourth-order valence-electron chi connectivity index (χ4n) is 4.55. The molecule has 2 aliphatic heterocycles. The Balaban J connectivity index is 1.42. The molecule has 2 aromatic heterocycles. The third kappa shape index (κ3) is 2.88. The van der Waals surface area contributed by atoms with E-state index in [2.05, 4.69) is 45.4 Å². The zero-order valence-corrected chi connectivity index (χ0v) is 16.8. The van der Waals surface area contributed by atoms with Gasteiger partial charge in [-0.2, -0.15) is 5.10 Å². The molecule has 5 rings (SSSR count). The van der Waals surface area contributed by atoms with Gasteiger partial charge in [0.1, 0.15) is 11.4 Å². The minimum absolute atomic E-state index is 0.00525. The van der Waals surface area contributed by atoms with E-state index in [1.54, 1.807) is 16.9 Å². The van der Waals surface area contributed by atoms with Gasteiger partial charge < -0.3 is 19.5 Å². The summed E-state index contributed by atoms with van der Waals surface area (Å²) in [5.74, 6) is 0.873. The Morgan fingerprint density at radius 2 is 2.03 bits per heavy atom. The molecule has 1 saturated heterocycles. The van der Waals surface area contributed by atoms with E-state index in [-0.39, 0.29) is 11.4 Å². The lowest BCUT2D eigenvalue weighted by molar-refractivity contribution is 0.0669. The number of nitrogens with zero attached hydrogens (tertiary/aromatic N) is 4. The number of aryl methyl sites for hydroxylation is 1. The standard InChI is InChI=1S/C22H25N5O2/c1-3-29-16-6-7-19-18(15-16)23-22(20-5-4-11-27(19)20)9-13-26(14-10-22)21(28)17-8-12-25(2)24-17/h4-8,11-12,15,23H,3,9-10,13-14H2,1-2H3. The van der Waals surface area contributed by atoms with Gasteiger partial charge in [-0.15, -0.1) is 0 Å². The average Bonchev–Trinajstić information content (AvgIpc) is 3.38. The van der Waals surface area contributed by atoms with Crippen molar-refractivity contribution in [2.75, 3.05) is 25.0 Å². The molecule has 29 heavy (non-hydrogen) atoms. The minimum atomic E-state index is -0.192. The zero-order chi connectivity index (χ0) is 20.0. The van der Waals surface area contributed by atoms with Crippen molar-refractivity contribution in [2.24, 2.45) is 7.05 Å². The number of hydrogen-bond donors (Lipinski definition) is 1. The SMILES string of the molecule is CCOc1ccc2c(c1)NC1(CCN(C(=O)c3ccn(C)n3)CC1)c1cccn1-2. The molecule has 1 fully saturated rings. The summed E-state index contributed by atoms with van der Waals surface area (Å²) in [7, 11) is 1.83. The van der Waals surface area contributed by atoms with Crippen molar-refractivity contribution in [3.63, 3.8) is 0 Å². The van der Waals surface area contributed by atoms with Crippen LogP contribution in [0.4, 0.5) is 5.69 Å². The molecule has 1 aromatic carbocycles. The van der Waals surface area contributed by atoms with Crippen LogP contribution in [-0.2, 0) is 12.6 Å². The van der Waals surface area contributed by atoms with E-state index in [1.807, 2.05) is 24.9 Å². The Morgan fingerprint density at radius 3 is 2.76 bits per heavy atom. The molecule has 0 radical (unpaired) electrons. The molecule has 4 heterocycles. The van der Waals surface area contributed by atoms with Gasteiger partial charge in [0, 0.05) is 44.3 Å². The first-order chi connectivity index (χ1) is 14.1. The van der Waals surface area contributed by atoms with Crippen LogP contribution in [0.15, 0.2) is 48.8 Å². The summed E-state index contributed by atoms with van der Waals surface area (Å²) in [6, 6.07) is 12.2. The number of aromatic nitrogens is 3. The zero-order valence-electron chi connectivity index (χ0n) is 16.8. The molecule has 1 N–H and O–H groups in total. The van der Waals surface area contributed by atoms with Gasteiger partial charge in [-0.25, -0.2) is 0 Å². The first-order valence-electron chi connectivity index (χ1n) is 10.1. The molecule has 0 saturated carbocycles. The number of carbonyl (C=O) groups excluding carboxylic acids is 1. The van der Waals surface area contributed by atoms with Crippen LogP contribution in [0, 0.1) is 0 Å². The van der Waals surface area contributed by atoms with E-state index in [0.29, 0.717) is 25.4 Å². The molecule has 1 amide bonds. The number of anilines is 1. The second kappa shape index (κ2) is 6.69. The van der Waals surface area contributed by atoms with Crippen molar-refractivity contribution in [3.05, 3.63) is 60.2 Å². The Kier molecular flexibility index (Phi) is 4.12. The van der Waals surface area contributed by atoms with Crippen LogP contribution in [0.25, 0.3) is 5.69 Å². The molecule has 7 nitrogen and oxygen atoms in total. The predicted molar refractivity (Wildman–Crippen MR) is 111 cm³/mol. The number of fused-ring (bicyclic) bond motifs is 4. The van der Waals surface area contributed by atoms with E-state index in [1.165, 1.54) is 5.69 Å². The highest BCUT2D eigenvalue weighted by atomic mass is 16.5.